The Morgan fingerprint density at radius 3 is 2.53 bits per heavy atom. The summed E-state index contributed by atoms with van der Waals surface area (Å²) >= 11 is 5.75. The summed E-state index contributed by atoms with van der Waals surface area (Å²) in [6.45, 7) is 5.13. The monoisotopic (exact) mass is 448 g/mol. The molecule has 1 unspecified atom stereocenters. The van der Waals surface area contributed by atoms with E-state index in [4.69, 9.17) is 26.5 Å². The fourth-order valence-corrected chi connectivity index (χ4v) is 4.28. The van der Waals surface area contributed by atoms with Gasteiger partial charge in [-0.2, -0.15) is 4.98 Å². The predicted octanol–water partition coefficient (Wildman–Crippen LogP) is 5.60. The quantitative estimate of drug-likeness (QED) is 0.355. The van der Waals surface area contributed by atoms with Gasteiger partial charge in [0.1, 0.15) is 5.75 Å². The van der Waals surface area contributed by atoms with Crippen molar-refractivity contribution in [2.24, 2.45) is 0 Å². The van der Waals surface area contributed by atoms with Crippen LogP contribution in [0.4, 0.5) is 0 Å². The third kappa shape index (κ3) is 4.53. The van der Waals surface area contributed by atoms with E-state index in [1.807, 2.05) is 54.6 Å². The van der Waals surface area contributed by atoms with Gasteiger partial charge in [0.25, 0.3) is 5.89 Å². The van der Waals surface area contributed by atoms with Gasteiger partial charge in [-0.15, -0.1) is 0 Å². The van der Waals surface area contributed by atoms with E-state index in [-0.39, 0.29) is 6.04 Å². The second-order valence-corrected chi connectivity index (χ2v) is 8.19. The first-order chi connectivity index (χ1) is 15.6. The third-order valence-electron chi connectivity index (χ3n) is 5.72. The van der Waals surface area contributed by atoms with Crippen LogP contribution < -0.4 is 10.1 Å². The first-order valence-electron chi connectivity index (χ1n) is 10.9. The van der Waals surface area contributed by atoms with Gasteiger partial charge in [-0.3, -0.25) is 0 Å². The second kappa shape index (κ2) is 9.96. The zero-order valence-corrected chi connectivity index (χ0v) is 19.5. The molecule has 0 aliphatic carbocycles. The second-order valence-electron chi connectivity index (χ2n) is 7.80. The minimum atomic E-state index is -0.195. The Kier molecular flexibility index (Phi) is 6.85. The van der Waals surface area contributed by atoms with E-state index in [0.29, 0.717) is 16.8 Å². The summed E-state index contributed by atoms with van der Waals surface area (Å²) in [7, 11) is 1.66. The number of thiocarbonyl (C=S) groups is 1. The molecule has 166 valence electrons. The molecule has 0 saturated heterocycles. The van der Waals surface area contributed by atoms with Crippen LogP contribution in [0.3, 0.4) is 0 Å². The molecule has 4 rings (SSSR count). The van der Waals surface area contributed by atoms with Gasteiger partial charge in [0.05, 0.1) is 18.7 Å². The zero-order valence-electron chi connectivity index (χ0n) is 18.7. The number of aromatic nitrogens is 2. The number of benzene rings is 2. The van der Waals surface area contributed by atoms with Crippen LogP contribution in [-0.4, -0.2) is 33.8 Å². The molecule has 7 heteroatoms. The molecule has 2 aromatic carbocycles. The lowest BCUT2D eigenvalue weighted by Gasteiger charge is -2.37. The molecule has 1 aromatic heterocycles. The molecule has 0 radical (unpaired) electrons. The molecule has 0 bridgehead atoms. The summed E-state index contributed by atoms with van der Waals surface area (Å²) in [6, 6.07) is 17.6. The van der Waals surface area contributed by atoms with Crippen molar-refractivity contribution in [2.75, 3.05) is 13.7 Å². The fraction of sp³-hybridized carbons (Fsp3) is 0.320. The van der Waals surface area contributed by atoms with Crippen LogP contribution in [0.5, 0.6) is 5.75 Å². The SMILES string of the molecule is CCCCCN1C(=S)NC(c2ccc(OC)cc2)C(c2nc(-c3ccccc3)no2)=C1C. The maximum atomic E-state index is 5.78. The maximum Gasteiger partial charge on any atom is 0.258 e. The van der Waals surface area contributed by atoms with Crippen LogP contribution >= 0.6 is 12.2 Å². The lowest BCUT2D eigenvalue weighted by atomic mass is 9.94. The Morgan fingerprint density at radius 1 is 1.09 bits per heavy atom. The largest absolute Gasteiger partial charge is 0.497 e. The molecule has 0 spiro atoms. The summed E-state index contributed by atoms with van der Waals surface area (Å²) in [4.78, 5) is 6.90. The number of rotatable bonds is 8. The number of methoxy groups -OCH3 is 1. The van der Waals surface area contributed by atoms with Crippen LogP contribution in [-0.2, 0) is 0 Å². The Balaban J connectivity index is 1.76. The Bertz CT molecular complexity index is 1090. The normalized spacial score (nSPS) is 16.3. The highest BCUT2D eigenvalue weighted by Crippen LogP contribution is 2.38. The number of ether oxygens (including phenoxy) is 1. The Hall–Kier alpha value is -3.19. The van der Waals surface area contributed by atoms with Crippen molar-refractivity contribution >= 4 is 22.9 Å². The topological polar surface area (TPSA) is 63.4 Å². The minimum absolute atomic E-state index is 0.195. The molecule has 1 atom stereocenters. The minimum Gasteiger partial charge on any atom is -0.497 e. The molecule has 32 heavy (non-hydrogen) atoms. The first-order valence-corrected chi connectivity index (χ1v) is 11.4. The molecular weight excluding hydrogens is 420 g/mol. The third-order valence-corrected chi connectivity index (χ3v) is 6.06. The van der Waals surface area contributed by atoms with E-state index in [1.165, 1.54) is 0 Å². The first kappa shape index (κ1) is 22.0. The van der Waals surface area contributed by atoms with Crippen LogP contribution in [0.1, 0.15) is 50.6 Å². The van der Waals surface area contributed by atoms with E-state index < -0.39 is 0 Å². The van der Waals surface area contributed by atoms with Gasteiger partial charge in [-0.25, -0.2) is 0 Å². The molecule has 1 aliphatic heterocycles. The highest BCUT2D eigenvalue weighted by atomic mass is 32.1. The molecule has 1 N–H and O–H groups in total. The number of hydrogen-bond donors (Lipinski definition) is 1. The molecule has 0 saturated carbocycles. The van der Waals surface area contributed by atoms with Crippen molar-refractivity contribution in [1.82, 2.24) is 20.4 Å². The number of nitrogens with one attached hydrogen (secondary N) is 1. The summed E-state index contributed by atoms with van der Waals surface area (Å²) in [6.07, 6.45) is 3.37. The Morgan fingerprint density at radius 2 is 1.84 bits per heavy atom. The molecule has 2 heterocycles. The lowest BCUT2D eigenvalue weighted by Crippen LogP contribution is -2.46. The average molecular weight is 449 g/mol. The van der Waals surface area contributed by atoms with Gasteiger partial charge in [-0.05, 0) is 43.3 Å². The highest BCUT2D eigenvalue weighted by molar-refractivity contribution is 7.80. The van der Waals surface area contributed by atoms with E-state index in [9.17, 15) is 0 Å². The van der Waals surface area contributed by atoms with E-state index in [2.05, 4.69) is 29.2 Å². The molecular formula is C25H28N4O2S. The zero-order chi connectivity index (χ0) is 22.5. The molecule has 0 fully saturated rings. The van der Waals surface area contributed by atoms with Crippen molar-refractivity contribution in [2.45, 2.75) is 39.2 Å². The van der Waals surface area contributed by atoms with Gasteiger partial charge in [0.2, 0.25) is 5.82 Å². The van der Waals surface area contributed by atoms with E-state index in [1.54, 1.807) is 7.11 Å². The molecule has 0 amide bonds. The van der Waals surface area contributed by atoms with Gasteiger partial charge in [0.15, 0.2) is 5.11 Å². The lowest BCUT2D eigenvalue weighted by molar-refractivity contribution is 0.395. The van der Waals surface area contributed by atoms with E-state index >= 15 is 0 Å². The van der Waals surface area contributed by atoms with Crippen LogP contribution in [0.15, 0.2) is 64.8 Å². The number of hydrogen-bond acceptors (Lipinski definition) is 5. The summed E-state index contributed by atoms with van der Waals surface area (Å²) in [5.41, 5.74) is 3.94. The summed E-state index contributed by atoms with van der Waals surface area (Å²) in [5, 5.41) is 8.47. The van der Waals surface area contributed by atoms with Crippen LogP contribution in [0, 0.1) is 0 Å². The predicted molar refractivity (Wildman–Crippen MR) is 130 cm³/mol. The highest BCUT2D eigenvalue weighted by Gasteiger charge is 2.33. The molecule has 3 aromatic rings. The van der Waals surface area contributed by atoms with E-state index in [0.717, 1.165) is 54.0 Å². The maximum absolute atomic E-state index is 5.78. The standard InChI is InChI=1S/C25H28N4O2S/c1-4-5-9-16-29-17(2)21(24-27-23(28-31-24)19-10-7-6-8-11-19)22(26-25(29)32)18-12-14-20(30-3)15-13-18/h6-8,10-15,22H,4-5,9,16H2,1-3H3,(H,26,32). The van der Waals surface area contributed by atoms with Crippen LogP contribution in [0.25, 0.3) is 17.0 Å². The van der Waals surface area contributed by atoms with Gasteiger partial charge < -0.3 is 19.5 Å². The number of allylic oxidation sites excluding steroid dienone is 1. The molecule has 6 nitrogen and oxygen atoms in total. The van der Waals surface area contributed by atoms with Gasteiger partial charge >= 0.3 is 0 Å². The van der Waals surface area contributed by atoms with Gasteiger partial charge in [0, 0.05) is 17.8 Å². The van der Waals surface area contributed by atoms with Gasteiger partial charge in [-0.1, -0.05) is 67.4 Å². The van der Waals surface area contributed by atoms with Crippen molar-refractivity contribution in [3.05, 3.63) is 71.7 Å². The fourth-order valence-electron chi connectivity index (χ4n) is 3.93. The van der Waals surface area contributed by atoms with Crippen molar-refractivity contribution in [3.63, 3.8) is 0 Å². The van der Waals surface area contributed by atoms with Crippen LogP contribution in [0.2, 0.25) is 0 Å². The van der Waals surface area contributed by atoms with Crippen molar-refractivity contribution in [3.8, 4) is 17.1 Å². The smallest absolute Gasteiger partial charge is 0.258 e. The summed E-state index contributed by atoms with van der Waals surface area (Å²) in [5.74, 6) is 1.87. The van der Waals surface area contributed by atoms with Crippen molar-refractivity contribution < 1.29 is 9.26 Å². The summed E-state index contributed by atoms with van der Waals surface area (Å²) < 4.78 is 11.1. The number of unbranched alkanes of at least 4 members (excludes halogenated alkanes) is 2. The average Bonchev–Trinajstić information content (AvgIpc) is 3.31. The Labute approximate surface area is 194 Å². The van der Waals surface area contributed by atoms with Crippen molar-refractivity contribution in [1.29, 1.82) is 0 Å². The number of nitrogens with zero attached hydrogens (tertiary/aromatic N) is 3. The molecule has 1 aliphatic rings.